The van der Waals surface area contributed by atoms with E-state index >= 15 is 0 Å². The quantitative estimate of drug-likeness (QED) is 0.590. The minimum absolute atomic E-state index is 0.0132. The van der Waals surface area contributed by atoms with Gasteiger partial charge in [0, 0.05) is 10.5 Å². The van der Waals surface area contributed by atoms with Crippen molar-refractivity contribution in [3.8, 4) is 12.3 Å². The highest BCUT2D eigenvalue weighted by Crippen LogP contribution is 2.39. The summed E-state index contributed by atoms with van der Waals surface area (Å²) in [4.78, 5) is 25.2. The molecule has 17 heavy (non-hydrogen) atoms. The molecule has 1 atom stereocenters. The Bertz CT molecular complexity index is 519. The third-order valence-corrected chi connectivity index (χ3v) is 3.71. The molecule has 0 fully saturated rings. The molecule has 4 heteroatoms. The zero-order valence-corrected chi connectivity index (χ0v) is 10.2. The second-order valence-electron chi connectivity index (χ2n) is 3.73. The molecule has 0 radical (unpaired) electrons. The highest BCUT2D eigenvalue weighted by molar-refractivity contribution is 8.01. The average Bonchev–Trinajstić information content (AvgIpc) is 2.34. The van der Waals surface area contributed by atoms with Crippen molar-refractivity contribution in [2.24, 2.45) is 0 Å². The van der Waals surface area contributed by atoms with E-state index in [0.29, 0.717) is 5.56 Å². The molecule has 1 unspecified atom stereocenters. The van der Waals surface area contributed by atoms with Crippen molar-refractivity contribution >= 4 is 29.6 Å². The molecule has 0 aromatic heterocycles. The summed E-state index contributed by atoms with van der Waals surface area (Å²) < 4.78 is 0. The number of anilines is 1. The number of fused-ring (bicyclic) bond motifs is 1. The maximum absolute atomic E-state index is 12.0. The number of nitrogens with zero attached hydrogens (tertiary/aromatic N) is 1. The molecule has 1 aromatic carbocycles. The van der Waals surface area contributed by atoms with Crippen LogP contribution in [0.15, 0.2) is 23.1 Å². The molecule has 3 nitrogen and oxygen atoms in total. The Labute approximate surface area is 104 Å². The summed E-state index contributed by atoms with van der Waals surface area (Å²) in [5.74, 6) is 2.50. The number of carbonyl (C=O) groups excluding carboxylic acids is 2. The zero-order valence-electron chi connectivity index (χ0n) is 9.34. The summed E-state index contributed by atoms with van der Waals surface area (Å²) >= 11 is 1.46. The Morgan fingerprint density at radius 2 is 2.35 bits per heavy atom. The van der Waals surface area contributed by atoms with Crippen molar-refractivity contribution in [2.75, 3.05) is 11.4 Å². The number of aldehydes is 1. The van der Waals surface area contributed by atoms with E-state index in [-0.39, 0.29) is 17.7 Å². The molecular formula is C13H11NO2S. The van der Waals surface area contributed by atoms with Gasteiger partial charge in [-0.15, -0.1) is 18.2 Å². The fraction of sp³-hybridized carbons (Fsp3) is 0.231. The largest absolute Gasteiger partial charge is 0.299 e. The van der Waals surface area contributed by atoms with Crippen LogP contribution in [0.2, 0.25) is 0 Å². The molecule has 86 valence electrons. The fourth-order valence-corrected chi connectivity index (χ4v) is 2.87. The summed E-state index contributed by atoms with van der Waals surface area (Å²) in [5.41, 5.74) is 1.40. The first kappa shape index (κ1) is 11.7. The van der Waals surface area contributed by atoms with Crippen LogP contribution in [0.25, 0.3) is 0 Å². The van der Waals surface area contributed by atoms with Crippen LogP contribution in [0.5, 0.6) is 0 Å². The molecule has 2 rings (SSSR count). The molecule has 1 amide bonds. The fourth-order valence-electron chi connectivity index (χ4n) is 1.75. The molecule has 0 saturated heterocycles. The van der Waals surface area contributed by atoms with Crippen LogP contribution in [-0.4, -0.2) is 24.0 Å². The number of hydrogen-bond donors (Lipinski definition) is 0. The lowest BCUT2D eigenvalue weighted by atomic mass is 10.2. The van der Waals surface area contributed by atoms with E-state index in [9.17, 15) is 9.59 Å². The normalized spacial score (nSPS) is 18.5. The van der Waals surface area contributed by atoms with E-state index in [1.807, 2.05) is 6.92 Å². The van der Waals surface area contributed by atoms with Crippen LogP contribution in [-0.2, 0) is 4.79 Å². The number of rotatable bonds is 2. The van der Waals surface area contributed by atoms with Gasteiger partial charge in [-0.1, -0.05) is 5.92 Å². The predicted molar refractivity (Wildman–Crippen MR) is 68.3 cm³/mol. The number of benzene rings is 1. The number of carbonyl (C=O) groups is 2. The van der Waals surface area contributed by atoms with Gasteiger partial charge in [0.15, 0.2) is 0 Å². The summed E-state index contributed by atoms with van der Waals surface area (Å²) in [6.07, 6.45) is 6.07. The van der Waals surface area contributed by atoms with E-state index in [4.69, 9.17) is 6.42 Å². The van der Waals surface area contributed by atoms with Gasteiger partial charge in [-0.25, -0.2) is 0 Å². The SMILES string of the molecule is C#CCN1C(=O)C(C)Sc2cc(C=O)ccc21. The van der Waals surface area contributed by atoms with Gasteiger partial charge < -0.3 is 0 Å². The number of hydrogen-bond acceptors (Lipinski definition) is 3. The minimum atomic E-state index is -0.169. The van der Waals surface area contributed by atoms with Crippen molar-refractivity contribution in [1.82, 2.24) is 0 Å². The minimum Gasteiger partial charge on any atom is -0.299 e. The van der Waals surface area contributed by atoms with Crippen molar-refractivity contribution in [1.29, 1.82) is 0 Å². The molecule has 0 N–H and O–H groups in total. The standard InChI is InChI=1S/C13H11NO2S/c1-3-6-14-11-5-4-10(8-15)7-12(11)17-9(2)13(14)16/h1,4-5,7-9H,6H2,2H3. The van der Waals surface area contributed by atoms with Crippen LogP contribution in [0.1, 0.15) is 17.3 Å². The van der Waals surface area contributed by atoms with Crippen LogP contribution < -0.4 is 4.90 Å². The van der Waals surface area contributed by atoms with E-state index in [0.717, 1.165) is 16.9 Å². The van der Waals surface area contributed by atoms with Gasteiger partial charge in [-0.3, -0.25) is 14.5 Å². The lowest BCUT2D eigenvalue weighted by Gasteiger charge is -2.31. The first-order valence-corrected chi connectivity index (χ1v) is 6.06. The Morgan fingerprint density at radius 1 is 1.59 bits per heavy atom. The summed E-state index contributed by atoms with van der Waals surface area (Å²) in [7, 11) is 0. The monoisotopic (exact) mass is 245 g/mol. The van der Waals surface area contributed by atoms with Gasteiger partial charge in [0.25, 0.3) is 0 Å². The van der Waals surface area contributed by atoms with Gasteiger partial charge in [0.05, 0.1) is 17.5 Å². The molecule has 1 aliphatic heterocycles. The molecule has 0 aliphatic carbocycles. The molecular weight excluding hydrogens is 234 g/mol. The van der Waals surface area contributed by atoms with Crippen LogP contribution >= 0.6 is 11.8 Å². The van der Waals surface area contributed by atoms with E-state index in [1.165, 1.54) is 11.8 Å². The zero-order chi connectivity index (χ0) is 12.4. The second kappa shape index (κ2) is 4.64. The lowest BCUT2D eigenvalue weighted by molar-refractivity contribution is -0.117. The van der Waals surface area contributed by atoms with Crippen LogP contribution in [0.4, 0.5) is 5.69 Å². The molecule has 1 aliphatic rings. The predicted octanol–water partition coefficient (Wildman–Crippen LogP) is 1.96. The Hall–Kier alpha value is -1.73. The summed E-state index contributed by atoms with van der Waals surface area (Å²) in [6, 6.07) is 5.26. The Morgan fingerprint density at radius 3 is 3.00 bits per heavy atom. The molecule has 0 bridgehead atoms. The highest BCUT2D eigenvalue weighted by Gasteiger charge is 2.30. The Balaban J connectivity index is 2.49. The number of thioether (sulfide) groups is 1. The van der Waals surface area contributed by atoms with Gasteiger partial charge in [-0.05, 0) is 25.1 Å². The van der Waals surface area contributed by atoms with Gasteiger partial charge >= 0.3 is 0 Å². The third-order valence-electron chi connectivity index (χ3n) is 2.58. The highest BCUT2D eigenvalue weighted by atomic mass is 32.2. The molecule has 1 aromatic rings. The molecule has 1 heterocycles. The second-order valence-corrected chi connectivity index (χ2v) is 5.12. The maximum atomic E-state index is 12.0. The molecule has 0 spiro atoms. The maximum Gasteiger partial charge on any atom is 0.241 e. The third kappa shape index (κ3) is 2.06. The van der Waals surface area contributed by atoms with Gasteiger partial charge in [-0.2, -0.15) is 0 Å². The first-order valence-electron chi connectivity index (χ1n) is 5.18. The number of amides is 1. The van der Waals surface area contributed by atoms with E-state index in [1.54, 1.807) is 23.1 Å². The van der Waals surface area contributed by atoms with Crippen molar-refractivity contribution in [3.63, 3.8) is 0 Å². The summed E-state index contributed by atoms with van der Waals surface area (Å²) in [6.45, 7) is 2.10. The lowest BCUT2D eigenvalue weighted by Crippen LogP contribution is -2.40. The summed E-state index contributed by atoms with van der Waals surface area (Å²) in [5, 5.41) is -0.169. The topological polar surface area (TPSA) is 37.4 Å². The van der Waals surface area contributed by atoms with Gasteiger partial charge in [0.2, 0.25) is 5.91 Å². The van der Waals surface area contributed by atoms with E-state index in [2.05, 4.69) is 5.92 Å². The Kier molecular flexibility index (Phi) is 3.21. The van der Waals surface area contributed by atoms with Crippen molar-refractivity contribution < 1.29 is 9.59 Å². The molecule has 0 saturated carbocycles. The van der Waals surface area contributed by atoms with Crippen molar-refractivity contribution in [3.05, 3.63) is 23.8 Å². The first-order chi connectivity index (χ1) is 8.17. The van der Waals surface area contributed by atoms with Crippen molar-refractivity contribution in [2.45, 2.75) is 17.1 Å². The van der Waals surface area contributed by atoms with E-state index < -0.39 is 0 Å². The average molecular weight is 245 g/mol. The number of terminal acetylenes is 1. The van der Waals surface area contributed by atoms with Crippen LogP contribution in [0, 0.1) is 12.3 Å². The smallest absolute Gasteiger partial charge is 0.241 e. The van der Waals surface area contributed by atoms with Gasteiger partial charge in [0.1, 0.15) is 6.29 Å². The van der Waals surface area contributed by atoms with Crippen LogP contribution in [0.3, 0.4) is 0 Å².